The van der Waals surface area contributed by atoms with Crippen LogP contribution in [0.5, 0.6) is 5.75 Å². The van der Waals surface area contributed by atoms with E-state index in [-0.39, 0.29) is 6.61 Å². The molecule has 0 spiro atoms. The average molecular weight is 272 g/mol. The Labute approximate surface area is 119 Å². The third kappa shape index (κ3) is 3.18. The predicted molar refractivity (Wildman–Crippen MR) is 79.8 cm³/mol. The van der Waals surface area contributed by atoms with Crippen LogP contribution in [0.3, 0.4) is 0 Å². The number of methoxy groups -OCH3 is 2. The Kier molecular flexibility index (Phi) is 4.77. The third-order valence-corrected chi connectivity index (χ3v) is 3.24. The lowest BCUT2D eigenvalue weighted by atomic mass is 9.96. The van der Waals surface area contributed by atoms with Gasteiger partial charge < -0.3 is 14.6 Å². The van der Waals surface area contributed by atoms with Crippen LogP contribution in [-0.2, 0) is 18.0 Å². The van der Waals surface area contributed by atoms with Crippen molar-refractivity contribution < 1.29 is 14.6 Å². The maximum Gasteiger partial charge on any atom is 0.119 e. The molecular weight excluding hydrogens is 252 g/mol. The second-order valence-electron chi connectivity index (χ2n) is 4.82. The minimum Gasteiger partial charge on any atom is -0.497 e. The molecule has 0 aliphatic carbocycles. The van der Waals surface area contributed by atoms with Crippen molar-refractivity contribution in [3.63, 3.8) is 0 Å². The van der Waals surface area contributed by atoms with Crippen molar-refractivity contribution in [3.05, 3.63) is 53.1 Å². The van der Waals surface area contributed by atoms with Crippen LogP contribution in [0.2, 0.25) is 0 Å². The highest BCUT2D eigenvalue weighted by molar-refractivity contribution is 5.69. The van der Waals surface area contributed by atoms with Crippen LogP contribution in [-0.4, -0.2) is 19.3 Å². The molecule has 2 aromatic carbocycles. The van der Waals surface area contributed by atoms with E-state index in [4.69, 9.17) is 9.47 Å². The van der Waals surface area contributed by atoms with E-state index in [0.29, 0.717) is 6.61 Å². The van der Waals surface area contributed by atoms with Crippen molar-refractivity contribution >= 4 is 0 Å². The van der Waals surface area contributed by atoms with Gasteiger partial charge in [0.2, 0.25) is 0 Å². The zero-order chi connectivity index (χ0) is 14.5. The summed E-state index contributed by atoms with van der Waals surface area (Å²) >= 11 is 0. The number of aliphatic hydroxyl groups is 1. The Hall–Kier alpha value is -1.84. The summed E-state index contributed by atoms with van der Waals surface area (Å²) in [6.07, 6.45) is 0. The quantitative estimate of drug-likeness (QED) is 0.907. The van der Waals surface area contributed by atoms with Gasteiger partial charge in [0.1, 0.15) is 5.75 Å². The van der Waals surface area contributed by atoms with Gasteiger partial charge in [-0.1, -0.05) is 23.8 Å². The normalized spacial score (nSPS) is 10.6. The van der Waals surface area contributed by atoms with Gasteiger partial charge in [-0.05, 0) is 47.4 Å². The molecule has 0 fully saturated rings. The number of hydrogen-bond acceptors (Lipinski definition) is 3. The first-order valence-corrected chi connectivity index (χ1v) is 6.55. The van der Waals surface area contributed by atoms with Crippen molar-refractivity contribution in [2.75, 3.05) is 14.2 Å². The third-order valence-electron chi connectivity index (χ3n) is 3.24. The second kappa shape index (κ2) is 6.55. The van der Waals surface area contributed by atoms with Gasteiger partial charge in [0.15, 0.2) is 0 Å². The molecule has 2 rings (SSSR count). The maximum atomic E-state index is 9.34. The first kappa shape index (κ1) is 14.6. The number of benzene rings is 2. The molecule has 2 aromatic rings. The summed E-state index contributed by atoms with van der Waals surface area (Å²) in [5.41, 5.74) is 5.31. The van der Waals surface area contributed by atoms with Gasteiger partial charge in [-0.25, -0.2) is 0 Å². The van der Waals surface area contributed by atoms with Crippen LogP contribution >= 0.6 is 0 Å². The molecule has 0 amide bonds. The molecule has 0 aliphatic heterocycles. The number of rotatable bonds is 5. The monoisotopic (exact) mass is 272 g/mol. The summed E-state index contributed by atoms with van der Waals surface area (Å²) in [5.74, 6) is 0.816. The molecule has 0 bridgehead atoms. The Bertz CT molecular complexity index is 591. The average Bonchev–Trinajstić information content (AvgIpc) is 2.46. The fourth-order valence-electron chi connectivity index (χ4n) is 2.36. The summed E-state index contributed by atoms with van der Waals surface area (Å²) in [6, 6.07) is 12.1. The van der Waals surface area contributed by atoms with Gasteiger partial charge in [0.25, 0.3) is 0 Å². The Morgan fingerprint density at radius 3 is 2.50 bits per heavy atom. The molecule has 1 N–H and O–H groups in total. The Morgan fingerprint density at radius 1 is 1.05 bits per heavy atom. The molecule has 0 saturated heterocycles. The van der Waals surface area contributed by atoms with Gasteiger partial charge >= 0.3 is 0 Å². The highest BCUT2D eigenvalue weighted by Gasteiger charge is 2.08. The maximum absolute atomic E-state index is 9.34. The van der Waals surface area contributed by atoms with Crippen LogP contribution in [0.25, 0.3) is 11.1 Å². The Morgan fingerprint density at radius 2 is 1.85 bits per heavy atom. The van der Waals surface area contributed by atoms with Gasteiger partial charge in [-0.2, -0.15) is 0 Å². The van der Waals surface area contributed by atoms with E-state index >= 15 is 0 Å². The summed E-state index contributed by atoms with van der Waals surface area (Å²) in [7, 11) is 3.33. The zero-order valence-electron chi connectivity index (χ0n) is 12.1. The van der Waals surface area contributed by atoms with Crippen LogP contribution in [0.15, 0.2) is 36.4 Å². The molecule has 106 valence electrons. The number of aliphatic hydroxyl groups excluding tert-OH is 1. The van der Waals surface area contributed by atoms with Gasteiger partial charge in [0.05, 0.1) is 20.3 Å². The number of ether oxygens (including phenoxy) is 2. The molecule has 0 radical (unpaired) electrons. The van der Waals surface area contributed by atoms with Crippen LogP contribution in [0, 0.1) is 6.92 Å². The molecular formula is C17H20O3. The van der Waals surface area contributed by atoms with E-state index in [2.05, 4.69) is 6.07 Å². The lowest BCUT2D eigenvalue weighted by Crippen LogP contribution is -1.95. The lowest BCUT2D eigenvalue weighted by Gasteiger charge is -2.13. The van der Waals surface area contributed by atoms with Gasteiger partial charge in [-0.15, -0.1) is 0 Å². The molecule has 0 atom stereocenters. The molecule has 0 aromatic heterocycles. The molecule has 3 heteroatoms. The smallest absolute Gasteiger partial charge is 0.119 e. The van der Waals surface area contributed by atoms with Crippen molar-refractivity contribution in [3.8, 4) is 16.9 Å². The molecule has 0 heterocycles. The number of aryl methyl sites for hydroxylation is 1. The van der Waals surface area contributed by atoms with E-state index in [0.717, 1.165) is 33.6 Å². The SMILES string of the molecule is COCc1cc(OC)ccc1-c1cc(C)cc(CO)c1. The van der Waals surface area contributed by atoms with Crippen molar-refractivity contribution in [1.29, 1.82) is 0 Å². The summed E-state index contributed by atoms with van der Waals surface area (Å²) in [5, 5.41) is 9.34. The Balaban J connectivity index is 2.53. The second-order valence-corrected chi connectivity index (χ2v) is 4.82. The first-order chi connectivity index (χ1) is 9.67. The number of hydrogen-bond donors (Lipinski definition) is 1. The molecule has 20 heavy (non-hydrogen) atoms. The largest absolute Gasteiger partial charge is 0.497 e. The minimum atomic E-state index is 0.0461. The summed E-state index contributed by atoms with van der Waals surface area (Å²) in [6.45, 7) is 2.60. The molecule has 0 aliphatic rings. The van der Waals surface area contributed by atoms with Gasteiger partial charge in [-0.3, -0.25) is 0 Å². The van der Waals surface area contributed by atoms with E-state index in [9.17, 15) is 5.11 Å². The molecule has 0 saturated carbocycles. The predicted octanol–water partition coefficient (Wildman–Crippen LogP) is 3.31. The van der Waals surface area contributed by atoms with E-state index < -0.39 is 0 Å². The van der Waals surface area contributed by atoms with Crippen molar-refractivity contribution in [2.45, 2.75) is 20.1 Å². The first-order valence-electron chi connectivity index (χ1n) is 6.55. The van der Waals surface area contributed by atoms with E-state index in [1.807, 2.05) is 37.3 Å². The van der Waals surface area contributed by atoms with E-state index in [1.54, 1.807) is 14.2 Å². The molecule has 0 unspecified atom stereocenters. The van der Waals surface area contributed by atoms with Crippen LogP contribution in [0.1, 0.15) is 16.7 Å². The topological polar surface area (TPSA) is 38.7 Å². The van der Waals surface area contributed by atoms with Gasteiger partial charge in [0, 0.05) is 7.11 Å². The lowest BCUT2D eigenvalue weighted by molar-refractivity contribution is 0.185. The highest BCUT2D eigenvalue weighted by Crippen LogP contribution is 2.29. The fourth-order valence-corrected chi connectivity index (χ4v) is 2.36. The van der Waals surface area contributed by atoms with Crippen LogP contribution < -0.4 is 4.74 Å². The fraction of sp³-hybridized carbons (Fsp3) is 0.294. The zero-order valence-corrected chi connectivity index (χ0v) is 12.1. The molecule has 3 nitrogen and oxygen atoms in total. The summed E-state index contributed by atoms with van der Waals surface area (Å²) < 4.78 is 10.5. The highest BCUT2D eigenvalue weighted by atomic mass is 16.5. The minimum absolute atomic E-state index is 0.0461. The van der Waals surface area contributed by atoms with E-state index in [1.165, 1.54) is 0 Å². The van der Waals surface area contributed by atoms with Crippen LogP contribution in [0.4, 0.5) is 0 Å². The summed E-state index contributed by atoms with van der Waals surface area (Å²) in [4.78, 5) is 0. The standard InChI is InChI=1S/C17H20O3/c1-12-6-13(10-18)8-14(7-12)17-5-4-16(20-3)9-15(17)11-19-2/h4-9,18H,10-11H2,1-3H3. The van der Waals surface area contributed by atoms with Crippen molar-refractivity contribution in [1.82, 2.24) is 0 Å². The van der Waals surface area contributed by atoms with Crippen molar-refractivity contribution in [2.24, 2.45) is 0 Å².